The van der Waals surface area contributed by atoms with Crippen LogP contribution in [-0.2, 0) is 0 Å². The van der Waals surface area contributed by atoms with Gasteiger partial charge < -0.3 is 9.88 Å². The molecule has 0 aromatic carbocycles. The summed E-state index contributed by atoms with van der Waals surface area (Å²) in [6.45, 7) is 2.55. The molecule has 1 atom stereocenters. The van der Waals surface area contributed by atoms with Crippen molar-refractivity contribution in [1.29, 1.82) is 0 Å². The maximum Gasteiger partial charge on any atom is 0.264 e. The SMILES string of the molecule is Cc1c(C(=O)N2CCCCC2c2nccs2)sc2nc[nH]c(=O)c12. The van der Waals surface area contributed by atoms with E-state index in [0.29, 0.717) is 15.1 Å². The fraction of sp³-hybridized carbons (Fsp3) is 0.375. The molecule has 8 heteroatoms. The second-order valence-electron chi connectivity index (χ2n) is 5.85. The number of fused-ring (bicyclic) bond motifs is 1. The van der Waals surface area contributed by atoms with Crippen molar-refractivity contribution in [2.75, 3.05) is 6.54 Å². The number of likely N-dealkylation sites (tertiary alicyclic amines) is 1. The van der Waals surface area contributed by atoms with Gasteiger partial charge in [0.25, 0.3) is 11.5 Å². The van der Waals surface area contributed by atoms with Crippen LogP contribution in [0.25, 0.3) is 10.2 Å². The lowest BCUT2D eigenvalue weighted by atomic mass is 10.0. The first kappa shape index (κ1) is 15.5. The molecular weight excluding hydrogens is 344 g/mol. The number of amides is 1. The molecule has 1 N–H and O–H groups in total. The monoisotopic (exact) mass is 360 g/mol. The number of hydrogen-bond acceptors (Lipinski definition) is 6. The molecule has 0 aliphatic carbocycles. The number of carbonyl (C=O) groups is 1. The quantitative estimate of drug-likeness (QED) is 0.761. The van der Waals surface area contributed by atoms with Crippen molar-refractivity contribution in [2.24, 2.45) is 0 Å². The van der Waals surface area contributed by atoms with Gasteiger partial charge in [-0.15, -0.1) is 22.7 Å². The van der Waals surface area contributed by atoms with E-state index in [1.54, 1.807) is 17.5 Å². The van der Waals surface area contributed by atoms with E-state index in [9.17, 15) is 9.59 Å². The lowest BCUT2D eigenvalue weighted by Crippen LogP contribution is -2.38. The van der Waals surface area contributed by atoms with Gasteiger partial charge in [-0.05, 0) is 31.7 Å². The predicted octanol–water partition coefficient (Wildman–Crippen LogP) is 3.12. The molecule has 124 valence electrons. The number of aromatic amines is 1. The maximum absolute atomic E-state index is 13.2. The zero-order valence-electron chi connectivity index (χ0n) is 13.1. The number of thiophene rings is 1. The summed E-state index contributed by atoms with van der Waals surface area (Å²) in [5, 5.41) is 3.45. The molecule has 3 aromatic heterocycles. The average Bonchev–Trinajstić information content (AvgIpc) is 3.23. The molecule has 0 bridgehead atoms. The standard InChI is InChI=1S/C16H16N4O2S2/c1-9-11-13(21)18-8-19-15(11)24-12(9)16(22)20-6-3-2-4-10(20)14-17-5-7-23-14/h5,7-8,10H,2-4,6H2,1H3,(H,18,19,21). The van der Waals surface area contributed by atoms with E-state index in [2.05, 4.69) is 15.0 Å². The van der Waals surface area contributed by atoms with Gasteiger partial charge >= 0.3 is 0 Å². The second-order valence-corrected chi connectivity index (χ2v) is 7.77. The Morgan fingerprint density at radius 1 is 1.38 bits per heavy atom. The minimum atomic E-state index is -0.192. The molecule has 0 radical (unpaired) electrons. The van der Waals surface area contributed by atoms with Crippen LogP contribution in [0.4, 0.5) is 0 Å². The number of hydrogen-bond donors (Lipinski definition) is 1. The Kier molecular flexibility index (Phi) is 3.93. The Balaban J connectivity index is 1.76. The Morgan fingerprint density at radius 3 is 3.00 bits per heavy atom. The van der Waals surface area contributed by atoms with Gasteiger partial charge in [-0.25, -0.2) is 9.97 Å². The molecule has 1 amide bonds. The first-order chi connectivity index (χ1) is 11.7. The third kappa shape index (κ3) is 2.46. The summed E-state index contributed by atoms with van der Waals surface area (Å²) in [7, 11) is 0. The zero-order chi connectivity index (χ0) is 16.7. The van der Waals surface area contributed by atoms with Crippen LogP contribution in [0.1, 0.15) is 45.5 Å². The Labute approximate surface area is 146 Å². The minimum absolute atomic E-state index is 0.0187. The summed E-state index contributed by atoms with van der Waals surface area (Å²) in [5.41, 5.74) is 0.528. The van der Waals surface area contributed by atoms with E-state index in [1.807, 2.05) is 17.2 Å². The van der Waals surface area contributed by atoms with Crippen LogP contribution in [0.2, 0.25) is 0 Å². The molecule has 1 fully saturated rings. The van der Waals surface area contributed by atoms with E-state index in [-0.39, 0.29) is 17.5 Å². The molecule has 3 aromatic rings. The van der Waals surface area contributed by atoms with Crippen molar-refractivity contribution in [2.45, 2.75) is 32.2 Å². The molecule has 4 heterocycles. The molecule has 0 spiro atoms. The van der Waals surface area contributed by atoms with Crippen molar-refractivity contribution in [3.63, 3.8) is 0 Å². The summed E-state index contributed by atoms with van der Waals surface area (Å²) >= 11 is 2.89. The Morgan fingerprint density at radius 2 is 2.25 bits per heavy atom. The van der Waals surface area contributed by atoms with Gasteiger partial charge in [0, 0.05) is 18.1 Å². The molecule has 0 saturated carbocycles. The molecule has 6 nitrogen and oxygen atoms in total. The van der Waals surface area contributed by atoms with E-state index in [0.717, 1.165) is 36.4 Å². The Bertz CT molecular complexity index is 945. The van der Waals surface area contributed by atoms with E-state index in [1.165, 1.54) is 17.7 Å². The number of thiazole rings is 1. The topological polar surface area (TPSA) is 79.0 Å². The second kappa shape index (κ2) is 6.10. The van der Waals surface area contributed by atoms with Gasteiger partial charge in [0.1, 0.15) is 9.84 Å². The average molecular weight is 360 g/mol. The van der Waals surface area contributed by atoms with Gasteiger partial charge in [0.05, 0.1) is 22.6 Å². The first-order valence-electron chi connectivity index (χ1n) is 7.84. The highest BCUT2D eigenvalue weighted by atomic mass is 32.1. The van der Waals surface area contributed by atoms with Gasteiger partial charge in [-0.1, -0.05) is 0 Å². The van der Waals surface area contributed by atoms with Crippen LogP contribution in [-0.4, -0.2) is 32.3 Å². The molecule has 4 rings (SSSR count). The summed E-state index contributed by atoms with van der Waals surface area (Å²) in [4.78, 5) is 39.5. The smallest absolute Gasteiger partial charge is 0.264 e. The number of aromatic nitrogens is 3. The normalized spacial score (nSPS) is 18.2. The molecular formula is C16H16N4O2S2. The van der Waals surface area contributed by atoms with Crippen molar-refractivity contribution in [3.8, 4) is 0 Å². The third-order valence-electron chi connectivity index (χ3n) is 4.43. The van der Waals surface area contributed by atoms with Crippen molar-refractivity contribution >= 4 is 38.8 Å². The van der Waals surface area contributed by atoms with Crippen molar-refractivity contribution in [3.05, 3.63) is 43.7 Å². The lowest BCUT2D eigenvalue weighted by Gasteiger charge is -2.34. The number of nitrogens with one attached hydrogen (secondary N) is 1. The summed E-state index contributed by atoms with van der Waals surface area (Å²) in [5.74, 6) is -0.0187. The molecule has 1 unspecified atom stereocenters. The number of nitrogens with zero attached hydrogens (tertiary/aromatic N) is 3. The number of H-pyrrole nitrogens is 1. The number of carbonyl (C=O) groups excluding carboxylic acids is 1. The van der Waals surface area contributed by atoms with Gasteiger partial charge in [-0.2, -0.15) is 0 Å². The Hall–Kier alpha value is -2.06. The van der Waals surface area contributed by atoms with E-state index >= 15 is 0 Å². The minimum Gasteiger partial charge on any atom is -0.328 e. The first-order valence-corrected chi connectivity index (χ1v) is 9.53. The zero-order valence-corrected chi connectivity index (χ0v) is 14.7. The van der Waals surface area contributed by atoms with E-state index < -0.39 is 0 Å². The van der Waals surface area contributed by atoms with Crippen LogP contribution in [0.15, 0.2) is 22.7 Å². The third-order valence-corrected chi connectivity index (χ3v) is 6.49. The van der Waals surface area contributed by atoms with Gasteiger partial charge in [-0.3, -0.25) is 9.59 Å². The molecule has 1 saturated heterocycles. The number of piperidine rings is 1. The fourth-order valence-electron chi connectivity index (χ4n) is 3.24. The maximum atomic E-state index is 13.2. The molecule has 24 heavy (non-hydrogen) atoms. The summed E-state index contributed by atoms with van der Waals surface area (Å²) < 4.78 is 0. The van der Waals surface area contributed by atoms with Crippen LogP contribution in [0, 0.1) is 6.92 Å². The lowest BCUT2D eigenvalue weighted by molar-refractivity contribution is 0.0615. The predicted molar refractivity (Wildman–Crippen MR) is 94.7 cm³/mol. The fourth-order valence-corrected chi connectivity index (χ4v) is 5.13. The molecule has 1 aliphatic rings. The van der Waals surface area contributed by atoms with Crippen LogP contribution in [0.5, 0.6) is 0 Å². The van der Waals surface area contributed by atoms with Crippen LogP contribution in [0.3, 0.4) is 0 Å². The van der Waals surface area contributed by atoms with Gasteiger partial charge in [0.2, 0.25) is 0 Å². The van der Waals surface area contributed by atoms with Crippen LogP contribution < -0.4 is 5.56 Å². The highest BCUT2D eigenvalue weighted by Crippen LogP contribution is 2.35. The molecule has 1 aliphatic heterocycles. The number of aryl methyl sites for hydroxylation is 1. The van der Waals surface area contributed by atoms with Crippen molar-refractivity contribution < 1.29 is 4.79 Å². The highest BCUT2D eigenvalue weighted by molar-refractivity contribution is 7.20. The van der Waals surface area contributed by atoms with Gasteiger partial charge in [0.15, 0.2) is 0 Å². The highest BCUT2D eigenvalue weighted by Gasteiger charge is 2.32. The van der Waals surface area contributed by atoms with Crippen LogP contribution >= 0.6 is 22.7 Å². The summed E-state index contributed by atoms with van der Waals surface area (Å²) in [6, 6.07) is 0.0297. The number of rotatable bonds is 2. The largest absolute Gasteiger partial charge is 0.328 e. The summed E-state index contributed by atoms with van der Waals surface area (Å²) in [6.07, 6.45) is 6.19. The van der Waals surface area contributed by atoms with Crippen molar-refractivity contribution in [1.82, 2.24) is 19.9 Å². The van der Waals surface area contributed by atoms with E-state index in [4.69, 9.17) is 0 Å².